The Labute approximate surface area is 197 Å². The standard InChI is InChI=1S/C17H25BrFN6O5PS/c1-28-7-5-20-31(27,21-6-8-29-2)9-10-32-17-15(24-30-25-17)16(23-26)22-12-3-4-14(19)13(18)11-12/h3-4,11,26H,5-10H2,1-2H3,(H,22,23)(H2,20,21,27). The Morgan fingerprint density at radius 3 is 2.56 bits per heavy atom. The van der Waals surface area contributed by atoms with E-state index >= 15 is 0 Å². The molecule has 0 fully saturated rings. The third-order valence-corrected chi connectivity index (χ3v) is 8.11. The molecule has 0 aliphatic heterocycles. The molecular weight excluding hydrogens is 530 g/mol. The number of methoxy groups -OCH3 is 2. The normalized spacial score (nSPS) is 12.3. The number of ether oxygens (including phenoxy) is 2. The van der Waals surface area contributed by atoms with Gasteiger partial charge in [0.05, 0.1) is 23.4 Å². The predicted octanol–water partition coefficient (Wildman–Crippen LogP) is 2.79. The fourth-order valence-corrected chi connectivity index (χ4v) is 6.02. The lowest BCUT2D eigenvalue weighted by molar-refractivity contribution is 0.201. The summed E-state index contributed by atoms with van der Waals surface area (Å²) in [5.74, 6) is -0.0736. The zero-order valence-corrected chi connectivity index (χ0v) is 20.8. The van der Waals surface area contributed by atoms with Gasteiger partial charge in [-0.05, 0) is 44.4 Å². The number of halogens is 2. The third-order valence-electron chi connectivity index (χ3n) is 3.92. The van der Waals surface area contributed by atoms with Gasteiger partial charge in [0.1, 0.15) is 5.82 Å². The molecule has 32 heavy (non-hydrogen) atoms. The molecule has 2 rings (SSSR count). The maximum Gasteiger partial charge on any atom is 0.212 e. The van der Waals surface area contributed by atoms with Crippen LogP contribution in [0, 0.1) is 5.82 Å². The summed E-state index contributed by atoms with van der Waals surface area (Å²) in [5, 5.41) is 23.5. The molecule has 0 saturated carbocycles. The fraction of sp³-hybridized carbons (Fsp3) is 0.471. The number of benzene rings is 1. The van der Waals surface area contributed by atoms with E-state index in [2.05, 4.69) is 41.4 Å². The first kappa shape index (κ1) is 26.9. The molecule has 0 saturated heterocycles. The van der Waals surface area contributed by atoms with Gasteiger partial charge >= 0.3 is 0 Å². The van der Waals surface area contributed by atoms with Gasteiger partial charge < -0.3 is 9.47 Å². The van der Waals surface area contributed by atoms with Crippen LogP contribution in [0.15, 0.2) is 37.3 Å². The van der Waals surface area contributed by atoms with E-state index < -0.39 is 13.3 Å². The maximum atomic E-state index is 13.4. The van der Waals surface area contributed by atoms with Crippen molar-refractivity contribution in [1.82, 2.24) is 26.0 Å². The highest BCUT2D eigenvalue weighted by Gasteiger charge is 2.23. The Morgan fingerprint density at radius 2 is 1.97 bits per heavy atom. The maximum absolute atomic E-state index is 13.4. The van der Waals surface area contributed by atoms with E-state index in [1.54, 1.807) is 14.2 Å². The van der Waals surface area contributed by atoms with Crippen molar-refractivity contribution >= 4 is 46.7 Å². The second kappa shape index (κ2) is 14.0. The van der Waals surface area contributed by atoms with Crippen LogP contribution in [0.5, 0.6) is 0 Å². The summed E-state index contributed by atoms with van der Waals surface area (Å²) in [7, 11) is 0.233. The summed E-state index contributed by atoms with van der Waals surface area (Å²) >= 11 is 4.32. The molecule has 4 N–H and O–H groups in total. The Bertz CT molecular complexity index is 923. The smallest absolute Gasteiger partial charge is 0.212 e. The van der Waals surface area contributed by atoms with E-state index in [4.69, 9.17) is 14.1 Å². The second-order valence-electron chi connectivity index (χ2n) is 6.20. The van der Waals surface area contributed by atoms with Gasteiger partial charge in [0.2, 0.25) is 7.44 Å². The monoisotopic (exact) mass is 554 g/mol. The lowest BCUT2D eigenvalue weighted by atomic mass is 10.3. The summed E-state index contributed by atoms with van der Waals surface area (Å²) in [6.45, 7) is 1.69. The largest absolute Gasteiger partial charge is 0.383 e. The number of thioether (sulfide) groups is 1. The van der Waals surface area contributed by atoms with Crippen molar-refractivity contribution in [2.45, 2.75) is 5.03 Å². The molecular formula is C17H25BrFN6O5PS. The minimum atomic E-state index is -2.90. The number of rotatable bonds is 14. The molecule has 11 nitrogen and oxygen atoms in total. The number of aromatic nitrogens is 2. The zero-order valence-electron chi connectivity index (χ0n) is 17.5. The first-order valence-corrected chi connectivity index (χ1v) is 13.1. The molecule has 0 unspecified atom stereocenters. The van der Waals surface area contributed by atoms with Crippen LogP contribution in [0.3, 0.4) is 0 Å². The van der Waals surface area contributed by atoms with Crippen molar-refractivity contribution in [2.75, 3.05) is 52.4 Å². The third kappa shape index (κ3) is 8.52. The van der Waals surface area contributed by atoms with E-state index in [9.17, 15) is 14.2 Å². The Morgan fingerprint density at radius 1 is 1.28 bits per heavy atom. The molecule has 0 atom stereocenters. The van der Waals surface area contributed by atoms with E-state index in [0.29, 0.717) is 48.9 Å². The van der Waals surface area contributed by atoms with Crippen molar-refractivity contribution < 1.29 is 28.3 Å². The fourth-order valence-electron chi connectivity index (χ4n) is 2.38. The van der Waals surface area contributed by atoms with Gasteiger partial charge in [0, 0.05) is 39.2 Å². The van der Waals surface area contributed by atoms with Crippen LogP contribution in [0.4, 0.5) is 10.1 Å². The number of amidine groups is 1. The molecule has 2 aromatic rings. The molecule has 178 valence electrons. The number of hydroxylamine groups is 1. The lowest BCUT2D eigenvalue weighted by Gasteiger charge is -2.20. The van der Waals surface area contributed by atoms with Gasteiger partial charge in [-0.1, -0.05) is 11.8 Å². The van der Waals surface area contributed by atoms with Crippen molar-refractivity contribution in [2.24, 2.45) is 4.99 Å². The van der Waals surface area contributed by atoms with Gasteiger partial charge in [-0.15, -0.1) is 0 Å². The molecule has 0 spiro atoms. The van der Waals surface area contributed by atoms with Crippen LogP contribution in [-0.4, -0.2) is 73.8 Å². The van der Waals surface area contributed by atoms with Crippen molar-refractivity contribution in [3.8, 4) is 0 Å². The van der Waals surface area contributed by atoms with Crippen molar-refractivity contribution in [3.05, 3.63) is 34.2 Å². The average Bonchev–Trinajstić information content (AvgIpc) is 3.23. The molecule has 1 aromatic heterocycles. The lowest BCUT2D eigenvalue weighted by Crippen LogP contribution is -2.29. The highest BCUT2D eigenvalue weighted by molar-refractivity contribution is 9.10. The number of nitrogens with one attached hydrogen (secondary N) is 3. The first-order chi connectivity index (χ1) is 15.4. The summed E-state index contributed by atoms with van der Waals surface area (Å²) in [5.41, 5.74) is 2.48. The molecule has 0 aliphatic carbocycles. The molecule has 0 radical (unpaired) electrons. The zero-order chi connectivity index (χ0) is 23.4. The average molecular weight is 555 g/mol. The highest BCUT2D eigenvalue weighted by atomic mass is 79.9. The van der Waals surface area contributed by atoms with Gasteiger partial charge in [0.25, 0.3) is 0 Å². The molecule has 1 heterocycles. The minimum absolute atomic E-state index is 0.0353. The van der Waals surface area contributed by atoms with Gasteiger partial charge in [-0.3, -0.25) is 25.4 Å². The van der Waals surface area contributed by atoms with Crippen LogP contribution in [-0.2, 0) is 14.0 Å². The minimum Gasteiger partial charge on any atom is -0.383 e. The van der Waals surface area contributed by atoms with Crippen molar-refractivity contribution in [1.29, 1.82) is 0 Å². The first-order valence-electron chi connectivity index (χ1n) is 9.39. The van der Waals surface area contributed by atoms with E-state index in [1.165, 1.54) is 30.0 Å². The van der Waals surface area contributed by atoms with E-state index in [-0.39, 0.29) is 16.0 Å². The van der Waals surface area contributed by atoms with Crippen molar-refractivity contribution in [3.63, 3.8) is 0 Å². The number of hydrogen-bond donors (Lipinski definition) is 4. The van der Waals surface area contributed by atoms with E-state index in [1.807, 2.05) is 5.48 Å². The summed E-state index contributed by atoms with van der Waals surface area (Å²) in [6, 6.07) is 4.12. The SMILES string of the molecule is COCCNP(=O)(CCSc1nonc1C(=Nc1ccc(F)c(Br)c1)NO)NCCOC. The number of nitrogens with zero attached hydrogens (tertiary/aromatic N) is 3. The summed E-state index contributed by atoms with van der Waals surface area (Å²) in [6.07, 6.45) is 0.293. The Kier molecular flexibility index (Phi) is 11.8. The number of aliphatic imine (C=N–C) groups is 1. The Hall–Kier alpha value is -1.38. The van der Waals surface area contributed by atoms with Crippen LogP contribution in [0.25, 0.3) is 0 Å². The molecule has 0 aliphatic rings. The van der Waals surface area contributed by atoms with Gasteiger partial charge in [-0.25, -0.2) is 14.0 Å². The summed E-state index contributed by atoms with van der Waals surface area (Å²) in [4.78, 5) is 4.21. The Balaban J connectivity index is 2.07. The van der Waals surface area contributed by atoms with Crippen LogP contribution < -0.4 is 15.7 Å². The van der Waals surface area contributed by atoms with E-state index in [0.717, 1.165) is 0 Å². The molecule has 0 amide bonds. The van der Waals surface area contributed by atoms with Crippen LogP contribution in [0.1, 0.15) is 5.69 Å². The molecule has 15 heteroatoms. The van der Waals surface area contributed by atoms with Crippen LogP contribution >= 0.6 is 35.1 Å². The highest BCUT2D eigenvalue weighted by Crippen LogP contribution is 2.37. The number of hydrogen-bond acceptors (Lipinski definition) is 9. The topological polar surface area (TPSA) is 143 Å². The van der Waals surface area contributed by atoms with Gasteiger partial charge in [0.15, 0.2) is 16.6 Å². The van der Waals surface area contributed by atoms with Crippen LogP contribution in [0.2, 0.25) is 0 Å². The molecule has 1 aromatic carbocycles. The quantitative estimate of drug-likeness (QED) is 0.0683. The molecule has 0 bridgehead atoms. The summed E-state index contributed by atoms with van der Waals surface area (Å²) < 4.78 is 41.6. The van der Waals surface area contributed by atoms with Gasteiger partial charge in [-0.2, -0.15) is 0 Å². The predicted molar refractivity (Wildman–Crippen MR) is 122 cm³/mol. The second-order valence-corrected chi connectivity index (χ2v) is 10.7.